The fraction of sp³-hybridized carbons (Fsp3) is 0.929. The Morgan fingerprint density at radius 1 is 1.39 bits per heavy atom. The molecule has 18 heavy (non-hydrogen) atoms. The van der Waals surface area contributed by atoms with E-state index in [4.69, 9.17) is 0 Å². The van der Waals surface area contributed by atoms with Gasteiger partial charge in [-0.05, 0) is 46.2 Å². The second-order valence-electron chi connectivity index (χ2n) is 5.78. The van der Waals surface area contributed by atoms with Crippen molar-refractivity contribution in [2.45, 2.75) is 64.7 Å². The van der Waals surface area contributed by atoms with E-state index in [0.29, 0.717) is 6.04 Å². The average Bonchev–Trinajstić information content (AvgIpc) is 2.94. The lowest BCUT2D eigenvalue weighted by molar-refractivity contribution is -0.130. The van der Waals surface area contributed by atoms with Crippen LogP contribution in [0.2, 0.25) is 0 Å². The number of amides is 1. The van der Waals surface area contributed by atoms with Gasteiger partial charge >= 0.3 is 0 Å². The standard InChI is InChI=1S/C14H27N3O/c1-4-7-13-15-12(3)14(18)17(13)10-11(2)16-8-5-6-9-16/h11-13,15H,4-10H2,1-3H3. The molecule has 0 aromatic rings. The minimum absolute atomic E-state index is 0.00710. The molecule has 3 unspecified atom stereocenters. The van der Waals surface area contributed by atoms with Crippen molar-refractivity contribution >= 4 is 5.91 Å². The molecule has 104 valence electrons. The van der Waals surface area contributed by atoms with Gasteiger partial charge in [0, 0.05) is 12.6 Å². The zero-order valence-corrected chi connectivity index (χ0v) is 12.0. The number of hydrogen-bond donors (Lipinski definition) is 1. The third-order valence-electron chi connectivity index (χ3n) is 4.26. The second kappa shape index (κ2) is 6.02. The van der Waals surface area contributed by atoms with Crippen molar-refractivity contribution in [2.75, 3.05) is 19.6 Å². The van der Waals surface area contributed by atoms with Gasteiger partial charge in [-0.15, -0.1) is 0 Å². The summed E-state index contributed by atoms with van der Waals surface area (Å²) in [5.74, 6) is 0.277. The van der Waals surface area contributed by atoms with Gasteiger partial charge in [-0.2, -0.15) is 0 Å². The van der Waals surface area contributed by atoms with E-state index in [-0.39, 0.29) is 18.1 Å². The van der Waals surface area contributed by atoms with Gasteiger partial charge in [0.05, 0.1) is 12.2 Å². The van der Waals surface area contributed by atoms with Crippen molar-refractivity contribution < 1.29 is 4.79 Å². The molecule has 2 rings (SSSR count). The molecule has 0 aromatic carbocycles. The number of likely N-dealkylation sites (tertiary alicyclic amines) is 1. The SMILES string of the molecule is CCCC1NC(C)C(=O)N1CC(C)N1CCCC1. The first-order chi connectivity index (χ1) is 8.63. The Kier molecular flexibility index (Phi) is 4.62. The molecular formula is C14H27N3O. The molecule has 2 aliphatic heterocycles. The Morgan fingerprint density at radius 3 is 2.67 bits per heavy atom. The van der Waals surface area contributed by atoms with Gasteiger partial charge < -0.3 is 4.90 Å². The van der Waals surface area contributed by atoms with Crippen molar-refractivity contribution in [1.29, 1.82) is 0 Å². The molecule has 3 atom stereocenters. The van der Waals surface area contributed by atoms with Crippen LogP contribution in [0.25, 0.3) is 0 Å². The quantitative estimate of drug-likeness (QED) is 0.805. The number of hydrogen-bond acceptors (Lipinski definition) is 3. The van der Waals surface area contributed by atoms with Gasteiger partial charge in [0.15, 0.2) is 0 Å². The van der Waals surface area contributed by atoms with Crippen LogP contribution in [0, 0.1) is 0 Å². The van der Waals surface area contributed by atoms with Gasteiger partial charge in [0.1, 0.15) is 0 Å². The molecule has 0 spiro atoms. The Labute approximate surface area is 111 Å². The van der Waals surface area contributed by atoms with Crippen LogP contribution in [0.5, 0.6) is 0 Å². The topological polar surface area (TPSA) is 35.6 Å². The lowest BCUT2D eigenvalue weighted by Gasteiger charge is -2.31. The smallest absolute Gasteiger partial charge is 0.240 e. The molecule has 2 aliphatic rings. The minimum Gasteiger partial charge on any atom is -0.324 e. The van der Waals surface area contributed by atoms with Crippen LogP contribution in [0.1, 0.15) is 46.5 Å². The highest BCUT2D eigenvalue weighted by molar-refractivity contribution is 5.83. The van der Waals surface area contributed by atoms with Crippen molar-refractivity contribution in [1.82, 2.24) is 15.1 Å². The van der Waals surface area contributed by atoms with E-state index in [9.17, 15) is 4.79 Å². The van der Waals surface area contributed by atoms with E-state index in [0.717, 1.165) is 19.4 Å². The van der Waals surface area contributed by atoms with Crippen LogP contribution in [-0.4, -0.2) is 53.6 Å². The maximum atomic E-state index is 12.2. The molecule has 4 nitrogen and oxygen atoms in total. The summed E-state index contributed by atoms with van der Waals surface area (Å²) in [6, 6.07) is 0.482. The van der Waals surface area contributed by atoms with Gasteiger partial charge in [0.25, 0.3) is 0 Å². The lowest BCUT2D eigenvalue weighted by atomic mass is 10.2. The van der Waals surface area contributed by atoms with Crippen LogP contribution < -0.4 is 5.32 Å². The Bertz CT molecular complexity index is 289. The monoisotopic (exact) mass is 253 g/mol. The maximum absolute atomic E-state index is 12.2. The summed E-state index contributed by atoms with van der Waals surface area (Å²) in [4.78, 5) is 16.8. The molecule has 2 heterocycles. The molecule has 0 radical (unpaired) electrons. The number of carbonyl (C=O) groups is 1. The Morgan fingerprint density at radius 2 is 2.06 bits per heavy atom. The van der Waals surface area contributed by atoms with Gasteiger partial charge in [-0.25, -0.2) is 0 Å². The zero-order chi connectivity index (χ0) is 13.1. The summed E-state index contributed by atoms with van der Waals surface area (Å²) in [6.07, 6.45) is 5.05. The molecular weight excluding hydrogens is 226 g/mol. The molecule has 0 aromatic heterocycles. The normalized spacial score (nSPS) is 31.3. The van der Waals surface area contributed by atoms with Crippen LogP contribution in [0.4, 0.5) is 0 Å². The highest BCUT2D eigenvalue weighted by Crippen LogP contribution is 2.18. The largest absolute Gasteiger partial charge is 0.324 e. The lowest BCUT2D eigenvalue weighted by Crippen LogP contribution is -2.46. The summed E-state index contributed by atoms with van der Waals surface area (Å²) < 4.78 is 0. The average molecular weight is 253 g/mol. The summed E-state index contributed by atoms with van der Waals surface area (Å²) in [5, 5.41) is 3.41. The van der Waals surface area contributed by atoms with Crippen molar-refractivity contribution in [3.8, 4) is 0 Å². The van der Waals surface area contributed by atoms with Crippen molar-refractivity contribution in [3.63, 3.8) is 0 Å². The zero-order valence-electron chi connectivity index (χ0n) is 12.0. The van der Waals surface area contributed by atoms with Gasteiger partial charge in [0.2, 0.25) is 5.91 Å². The van der Waals surface area contributed by atoms with E-state index in [1.807, 2.05) is 6.92 Å². The number of nitrogens with zero attached hydrogens (tertiary/aromatic N) is 2. The highest BCUT2D eigenvalue weighted by atomic mass is 16.2. The summed E-state index contributed by atoms with van der Waals surface area (Å²) in [6.45, 7) is 9.68. The highest BCUT2D eigenvalue weighted by Gasteiger charge is 2.36. The maximum Gasteiger partial charge on any atom is 0.240 e. The first-order valence-electron chi connectivity index (χ1n) is 7.44. The molecule has 1 N–H and O–H groups in total. The first kappa shape index (κ1) is 13.8. The van der Waals surface area contributed by atoms with E-state index in [2.05, 4.69) is 29.0 Å². The van der Waals surface area contributed by atoms with Gasteiger partial charge in [-0.3, -0.25) is 15.0 Å². The van der Waals surface area contributed by atoms with Crippen molar-refractivity contribution in [2.24, 2.45) is 0 Å². The molecule has 1 amide bonds. The fourth-order valence-electron chi connectivity index (χ4n) is 3.16. The molecule has 2 fully saturated rings. The van der Waals surface area contributed by atoms with E-state index < -0.39 is 0 Å². The second-order valence-corrected chi connectivity index (χ2v) is 5.78. The fourth-order valence-corrected chi connectivity index (χ4v) is 3.16. The Balaban J connectivity index is 1.94. The van der Waals surface area contributed by atoms with Crippen LogP contribution in [0.15, 0.2) is 0 Å². The van der Waals surface area contributed by atoms with Crippen LogP contribution >= 0.6 is 0 Å². The van der Waals surface area contributed by atoms with Crippen LogP contribution in [-0.2, 0) is 4.79 Å². The van der Waals surface area contributed by atoms with E-state index in [1.165, 1.54) is 25.9 Å². The molecule has 0 bridgehead atoms. The number of rotatable bonds is 5. The predicted octanol–water partition coefficient (Wildman–Crippen LogP) is 1.42. The number of carbonyl (C=O) groups excluding carboxylic acids is 1. The van der Waals surface area contributed by atoms with E-state index in [1.54, 1.807) is 0 Å². The first-order valence-corrected chi connectivity index (χ1v) is 7.44. The molecule has 2 saturated heterocycles. The van der Waals surface area contributed by atoms with Crippen LogP contribution in [0.3, 0.4) is 0 Å². The summed E-state index contributed by atoms with van der Waals surface area (Å²) in [7, 11) is 0. The van der Waals surface area contributed by atoms with Crippen molar-refractivity contribution in [3.05, 3.63) is 0 Å². The van der Waals surface area contributed by atoms with Gasteiger partial charge in [-0.1, -0.05) is 13.3 Å². The van der Waals surface area contributed by atoms with E-state index >= 15 is 0 Å². The number of nitrogens with one attached hydrogen (secondary N) is 1. The molecule has 0 saturated carbocycles. The molecule has 0 aliphatic carbocycles. The summed E-state index contributed by atoms with van der Waals surface area (Å²) in [5.41, 5.74) is 0. The predicted molar refractivity (Wildman–Crippen MR) is 73.3 cm³/mol. The Hall–Kier alpha value is -0.610. The third kappa shape index (κ3) is 2.86. The minimum atomic E-state index is -0.00710. The molecule has 4 heteroatoms. The third-order valence-corrected chi connectivity index (χ3v) is 4.26. The summed E-state index contributed by atoms with van der Waals surface area (Å²) >= 11 is 0.